The molecule has 4 aromatic carbocycles. The summed E-state index contributed by atoms with van der Waals surface area (Å²) >= 11 is 0. The summed E-state index contributed by atoms with van der Waals surface area (Å²) in [7, 11) is 0. The highest BCUT2D eigenvalue weighted by Crippen LogP contribution is 2.15. The van der Waals surface area contributed by atoms with Crippen LogP contribution in [0.25, 0.3) is 0 Å². The number of nitrogens with two attached hydrogens (primary N) is 1. The summed E-state index contributed by atoms with van der Waals surface area (Å²) in [6.45, 7) is 0. The number of carbonyl (C=O) groups is 1. The molecule has 0 radical (unpaired) electrons. The van der Waals surface area contributed by atoms with Crippen molar-refractivity contribution < 1.29 is 13.6 Å². The van der Waals surface area contributed by atoms with Gasteiger partial charge < -0.3 is 5.73 Å². The number of nitrogens with zero attached hydrogens (tertiary/aromatic N) is 1. The second-order valence-electron chi connectivity index (χ2n) is 6.17. The summed E-state index contributed by atoms with van der Waals surface area (Å²) in [4.78, 5) is 14.1. The molecule has 0 aliphatic rings. The van der Waals surface area contributed by atoms with E-state index in [0.717, 1.165) is 17.4 Å². The van der Waals surface area contributed by atoms with E-state index in [1.807, 2.05) is 48.5 Å². The van der Waals surface area contributed by atoms with Crippen LogP contribution in [0.2, 0.25) is 0 Å². The molecule has 0 unspecified atom stereocenters. The Hall–Kier alpha value is -4.12. The zero-order valence-electron chi connectivity index (χ0n) is 16.7. The van der Waals surface area contributed by atoms with Gasteiger partial charge in [0.05, 0.1) is 11.4 Å². The Kier molecular flexibility index (Phi) is 9.84. The van der Waals surface area contributed by atoms with Crippen molar-refractivity contribution in [2.75, 3.05) is 5.73 Å². The fraction of sp³-hybridized carbons (Fsp3) is 0. The molecule has 0 fully saturated rings. The quantitative estimate of drug-likeness (QED) is 0.236. The van der Waals surface area contributed by atoms with Gasteiger partial charge in [0.2, 0.25) is 0 Å². The number of anilines is 1. The number of hydrogen-bond acceptors (Lipinski definition) is 3. The first-order chi connectivity index (χ1) is 15.1. The average molecular weight is 416 g/mol. The van der Waals surface area contributed by atoms with Gasteiger partial charge in [-0.2, -0.15) is 0 Å². The molecule has 0 aliphatic heterocycles. The molecule has 156 valence electrons. The molecule has 4 aromatic rings. The number of hydrogen-bond donors (Lipinski definition) is 1. The Balaban J connectivity index is 0.000000181. The van der Waals surface area contributed by atoms with Gasteiger partial charge in [0.25, 0.3) is 0 Å². The summed E-state index contributed by atoms with van der Waals surface area (Å²) in [5, 5.41) is 0. The van der Waals surface area contributed by atoms with Crippen molar-refractivity contribution in [2.45, 2.75) is 0 Å². The van der Waals surface area contributed by atoms with Crippen LogP contribution in [0.3, 0.4) is 0 Å². The van der Waals surface area contributed by atoms with E-state index in [1.165, 1.54) is 18.2 Å². The smallest absolute Gasteiger partial charge is 0.150 e. The average Bonchev–Trinajstić information content (AvgIpc) is 2.82. The van der Waals surface area contributed by atoms with Gasteiger partial charge in [0.15, 0.2) is 0 Å². The number of nitrogen functional groups attached to an aromatic ring is 1. The molecule has 31 heavy (non-hydrogen) atoms. The molecular formula is C26H22F2N2O. The zero-order valence-corrected chi connectivity index (χ0v) is 16.7. The van der Waals surface area contributed by atoms with Gasteiger partial charge in [-0.05, 0) is 29.8 Å². The molecule has 3 nitrogen and oxygen atoms in total. The molecule has 0 atom stereocenters. The Labute approximate surface area is 180 Å². The van der Waals surface area contributed by atoms with Crippen molar-refractivity contribution in [2.24, 2.45) is 4.99 Å². The maximum atomic E-state index is 13.2. The summed E-state index contributed by atoms with van der Waals surface area (Å²) < 4.78 is 25.4. The van der Waals surface area contributed by atoms with E-state index in [0.29, 0.717) is 5.69 Å². The lowest BCUT2D eigenvalue weighted by Crippen LogP contribution is -1.86. The molecular weight excluding hydrogens is 394 g/mol. The second kappa shape index (κ2) is 13.2. The highest BCUT2D eigenvalue weighted by atomic mass is 19.1. The third-order valence-corrected chi connectivity index (χ3v) is 3.85. The van der Waals surface area contributed by atoms with E-state index in [2.05, 4.69) is 4.99 Å². The predicted molar refractivity (Wildman–Crippen MR) is 123 cm³/mol. The molecule has 0 saturated carbocycles. The van der Waals surface area contributed by atoms with E-state index < -0.39 is 0 Å². The van der Waals surface area contributed by atoms with Crippen LogP contribution in [0.15, 0.2) is 114 Å². The predicted octanol–water partition coefficient (Wildman–Crippen LogP) is 6.48. The van der Waals surface area contributed by atoms with Gasteiger partial charge in [-0.25, -0.2) is 8.78 Å². The minimum absolute atomic E-state index is 0.201. The van der Waals surface area contributed by atoms with Crippen LogP contribution in [-0.2, 0) is 0 Å². The molecule has 0 spiro atoms. The van der Waals surface area contributed by atoms with Gasteiger partial charge in [0.1, 0.15) is 17.9 Å². The lowest BCUT2D eigenvalue weighted by Gasteiger charge is -1.95. The molecule has 0 saturated heterocycles. The fourth-order valence-corrected chi connectivity index (χ4v) is 2.25. The van der Waals surface area contributed by atoms with Crippen LogP contribution >= 0.6 is 0 Å². The first kappa shape index (κ1) is 23.2. The Bertz CT molecular complexity index is 1060. The van der Waals surface area contributed by atoms with Crippen LogP contribution < -0.4 is 5.73 Å². The molecule has 0 bridgehead atoms. The van der Waals surface area contributed by atoms with Crippen molar-refractivity contribution in [1.29, 1.82) is 0 Å². The van der Waals surface area contributed by atoms with Crippen LogP contribution in [0.4, 0.5) is 20.2 Å². The Morgan fingerprint density at radius 1 is 0.613 bits per heavy atom. The van der Waals surface area contributed by atoms with Crippen molar-refractivity contribution >= 4 is 23.9 Å². The van der Waals surface area contributed by atoms with Crippen LogP contribution in [0.1, 0.15) is 15.9 Å². The van der Waals surface area contributed by atoms with Gasteiger partial charge in [-0.1, -0.05) is 84.9 Å². The molecule has 5 heteroatoms. The van der Waals surface area contributed by atoms with Crippen LogP contribution in [-0.4, -0.2) is 12.5 Å². The summed E-state index contributed by atoms with van der Waals surface area (Å²) in [5.74, 6) is -0.655. The molecule has 0 amide bonds. The minimum Gasteiger partial charge on any atom is -0.396 e. The molecule has 0 heterocycles. The maximum absolute atomic E-state index is 13.2. The van der Waals surface area contributed by atoms with Crippen molar-refractivity contribution in [3.63, 3.8) is 0 Å². The minimum atomic E-state index is -0.354. The monoisotopic (exact) mass is 416 g/mol. The molecule has 0 aliphatic carbocycles. The standard InChI is InChI=1S/C13H10FN.C7H6O.C6H6FN/c14-12-8-4-5-9-13(12)15-10-11-6-2-1-3-7-11;8-6-7-4-2-1-3-5-7;7-5-3-1-2-4-6(5)8/h1-10H;1-6H;1-4H,8H2. The van der Waals surface area contributed by atoms with Crippen LogP contribution in [0.5, 0.6) is 0 Å². The number of halogens is 2. The number of carbonyl (C=O) groups excluding carboxylic acids is 1. The highest BCUT2D eigenvalue weighted by molar-refractivity contribution is 5.81. The van der Waals surface area contributed by atoms with Gasteiger partial charge in [-0.15, -0.1) is 0 Å². The number of para-hydroxylation sites is 2. The third-order valence-electron chi connectivity index (χ3n) is 3.85. The summed E-state index contributed by atoms with van der Waals surface area (Å²) in [5.41, 5.74) is 7.40. The van der Waals surface area contributed by atoms with E-state index in [9.17, 15) is 13.6 Å². The number of aliphatic imine (C=N–C) groups is 1. The Morgan fingerprint density at radius 2 is 1.10 bits per heavy atom. The number of benzene rings is 4. The molecule has 2 N–H and O–H groups in total. The van der Waals surface area contributed by atoms with Gasteiger partial charge >= 0.3 is 0 Å². The summed E-state index contributed by atoms with van der Waals surface area (Å²) in [6.07, 6.45) is 2.48. The van der Waals surface area contributed by atoms with Crippen LogP contribution in [0, 0.1) is 11.6 Å². The van der Waals surface area contributed by atoms with Gasteiger partial charge in [0, 0.05) is 11.8 Å². The van der Waals surface area contributed by atoms with Crippen molar-refractivity contribution in [1.82, 2.24) is 0 Å². The molecule has 4 rings (SSSR count). The van der Waals surface area contributed by atoms with E-state index in [-0.39, 0.29) is 17.3 Å². The first-order valence-corrected chi connectivity index (χ1v) is 9.44. The normalized spacial score (nSPS) is 9.74. The third kappa shape index (κ3) is 8.83. The SMILES string of the molecule is Fc1ccccc1N=Cc1ccccc1.Nc1ccccc1F.O=Cc1ccccc1. The largest absolute Gasteiger partial charge is 0.396 e. The number of aldehydes is 1. The summed E-state index contributed by atoms with van der Waals surface area (Å²) in [6, 6.07) is 31.3. The van der Waals surface area contributed by atoms with E-state index >= 15 is 0 Å². The Morgan fingerprint density at radius 3 is 1.55 bits per heavy atom. The lowest BCUT2D eigenvalue weighted by molar-refractivity contribution is 0.112. The molecule has 0 aromatic heterocycles. The lowest BCUT2D eigenvalue weighted by atomic mass is 10.2. The maximum Gasteiger partial charge on any atom is 0.150 e. The first-order valence-electron chi connectivity index (χ1n) is 9.44. The van der Waals surface area contributed by atoms with E-state index in [4.69, 9.17) is 5.73 Å². The fourth-order valence-electron chi connectivity index (χ4n) is 2.25. The topological polar surface area (TPSA) is 55.4 Å². The van der Waals surface area contributed by atoms with Gasteiger partial charge in [-0.3, -0.25) is 9.79 Å². The zero-order chi connectivity index (χ0) is 22.3. The van der Waals surface area contributed by atoms with Crippen molar-refractivity contribution in [3.8, 4) is 0 Å². The van der Waals surface area contributed by atoms with Crippen molar-refractivity contribution in [3.05, 3.63) is 132 Å². The second-order valence-corrected chi connectivity index (χ2v) is 6.17. The number of rotatable bonds is 3. The van der Waals surface area contributed by atoms with E-state index in [1.54, 1.807) is 48.7 Å². The highest BCUT2D eigenvalue weighted by Gasteiger charge is 1.95.